The van der Waals surface area contributed by atoms with E-state index >= 15 is 0 Å². The van der Waals surface area contributed by atoms with Gasteiger partial charge in [0.2, 0.25) is 5.95 Å². The second-order valence-electron chi connectivity index (χ2n) is 8.72. The molecule has 4 N–H and O–H groups in total. The first-order valence-electron chi connectivity index (χ1n) is 11.9. The highest BCUT2D eigenvalue weighted by Crippen LogP contribution is 2.25. The van der Waals surface area contributed by atoms with Gasteiger partial charge < -0.3 is 25.5 Å². The van der Waals surface area contributed by atoms with Crippen LogP contribution in [0.15, 0.2) is 40.9 Å². The average Bonchev–Trinajstić information content (AvgIpc) is 3.25. The van der Waals surface area contributed by atoms with Crippen LogP contribution in [0.25, 0.3) is 11.0 Å². The number of anilines is 2. The van der Waals surface area contributed by atoms with E-state index in [4.69, 9.17) is 4.42 Å². The van der Waals surface area contributed by atoms with Crippen molar-refractivity contribution in [3.63, 3.8) is 0 Å². The third-order valence-electron chi connectivity index (χ3n) is 6.12. The highest BCUT2D eigenvalue weighted by Gasteiger charge is 2.21. The van der Waals surface area contributed by atoms with Crippen molar-refractivity contribution in [3.05, 3.63) is 47.9 Å². The number of carbonyl (C=O) groups excluding carboxylic acids is 1. The lowest BCUT2D eigenvalue weighted by Gasteiger charge is -2.26. The van der Waals surface area contributed by atoms with E-state index in [9.17, 15) is 9.90 Å². The zero-order valence-corrected chi connectivity index (χ0v) is 19.1. The van der Waals surface area contributed by atoms with Crippen molar-refractivity contribution < 1.29 is 14.3 Å². The average molecular weight is 452 g/mol. The number of amides is 1. The van der Waals surface area contributed by atoms with E-state index in [0.717, 1.165) is 56.0 Å². The lowest BCUT2D eigenvalue weighted by molar-refractivity contribution is 0.0948. The van der Waals surface area contributed by atoms with Gasteiger partial charge in [-0.25, -0.2) is 4.98 Å². The van der Waals surface area contributed by atoms with Gasteiger partial charge in [0, 0.05) is 24.7 Å². The van der Waals surface area contributed by atoms with Gasteiger partial charge in [0.05, 0.1) is 12.6 Å². The number of unbranched alkanes of at least 4 members (excludes halogenated alkanes) is 1. The summed E-state index contributed by atoms with van der Waals surface area (Å²) >= 11 is 0. The largest absolute Gasteiger partial charge is 0.459 e. The quantitative estimate of drug-likeness (QED) is 0.339. The van der Waals surface area contributed by atoms with Crippen molar-refractivity contribution in [1.82, 2.24) is 15.3 Å². The van der Waals surface area contributed by atoms with Crippen molar-refractivity contribution in [2.75, 3.05) is 23.7 Å². The van der Waals surface area contributed by atoms with E-state index in [1.54, 1.807) is 6.20 Å². The van der Waals surface area contributed by atoms with Crippen LogP contribution in [0.3, 0.4) is 0 Å². The van der Waals surface area contributed by atoms with Crippen LogP contribution in [-0.4, -0.2) is 40.2 Å². The number of benzene rings is 1. The lowest BCUT2D eigenvalue weighted by atomic mass is 9.87. The van der Waals surface area contributed by atoms with Gasteiger partial charge in [0.25, 0.3) is 5.91 Å². The second-order valence-corrected chi connectivity index (χ2v) is 8.72. The fourth-order valence-corrected chi connectivity index (χ4v) is 4.12. The highest BCUT2D eigenvalue weighted by molar-refractivity contribution is 5.98. The van der Waals surface area contributed by atoms with Gasteiger partial charge >= 0.3 is 0 Å². The van der Waals surface area contributed by atoms with Crippen molar-refractivity contribution in [2.45, 2.75) is 58.1 Å². The molecule has 3 aromatic rings. The first kappa shape index (κ1) is 23.0. The summed E-state index contributed by atoms with van der Waals surface area (Å²) in [6, 6.07) is 9.70. The van der Waals surface area contributed by atoms with E-state index in [-0.39, 0.29) is 18.6 Å². The molecule has 1 aromatic carbocycles. The number of para-hydroxylation sites is 1. The van der Waals surface area contributed by atoms with Crippen LogP contribution in [0, 0.1) is 5.92 Å². The van der Waals surface area contributed by atoms with Gasteiger partial charge in [-0.1, -0.05) is 31.5 Å². The summed E-state index contributed by atoms with van der Waals surface area (Å²) in [6.07, 6.45) is 7.07. The Morgan fingerprint density at radius 2 is 2.00 bits per heavy atom. The smallest absolute Gasteiger partial charge is 0.256 e. The fraction of sp³-hybridized carbons (Fsp3) is 0.480. The first-order valence-corrected chi connectivity index (χ1v) is 11.9. The topological polar surface area (TPSA) is 112 Å². The summed E-state index contributed by atoms with van der Waals surface area (Å²) < 4.78 is 5.80. The lowest BCUT2D eigenvalue weighted by Crippen LogP contribution is -2.27. The molecule has 0 bridgehead atoms. The molecule has 1 aliphatic rings. The normalized spacial score (nSPS) is 18.2. The highest BCUT2D eigenvalue weighted by atomic mass is 16.3. The summed E-state index contributed by atoms with van der Waals surface area (Å²) in [5.41, 5.74) is 1.20. The summed E-state index contributed by atoms with van der Waals surface area (Å²) in [6.45, 7) is 3.91. The van der Waals surface area contributed by atoms with Crippen molar-refractivity contribution >= 4 is 28.6 Å². The van der Waals surface area contributed by atoms with Crippen LogP contribution in [0.4, 0.5) is 11.8 Å². The maximum atomic E-state index is 13.0. The summed E-state index contributed by atoms with van der Waals surface area (Å²) in [4.78, 5) is 21.9. The molecule has 33 heavy (non-hydrogen) atoms. The van der Waals surface area contributed by atoms with E-state index < -0.39 is 0 Å². The Balaban J connectivity index is 1.43. The van der Waals surface area contributed by atoms with Crippen LogP contribution < -0.4 is 16.0 Å². The van der Waals surface area contributed by atoms with Gasteiger partial charge in [0.15, 0.2) is 0 Å². The third-order valence-corrected chi connectivity index (χ3v) is 6.12. The van der Waals surface area contributed by atoms with Crippen LogP contribution >= 0.6 is 0 Å². The molecule has 1 saturated carbocycles. The Morgan fingerprint density at radius 1 is 1.18 bits per heavy atom. The molecule has 0 unspecified atom stereocenters. The number of carbonyl (C=O) groups is 1. The molecule has 2 heterocycles. The summed E-state index contributed by atoms with van der Waals surface area (Å²) in [5.74, 6) is 1.93. The number of hydrogen-bond acceptors (Lipinski definition) is 7. The molecule has 4 rings (SSSR count). The number of nitrogens with zero attached hydrogens (tertiary/aromatic N) is 2. The number of aromatic nitrogens is 2. The van der Waals surface area contributed by atoms with Gasteiger partial charge in [0.1, 0.15) is 22.7 Å². The molecule has 8 heteroatoms. The van der Waals surface area contributed by atoms with Gasteiger partial charge in [-0.05, 0) is 50.2 Å². The standard InChI is InChI=1S/C25H33N5O3/c1-2-3-12-26-25-29-16-21(23(30-25)27-14-17-8-10-19(31)11-9-17)24(32)28-15-20-13-18-6-4-5-7-22(18)33-20/h4-7,13,16-17,19,31H,2-3,8-12,14-15H2,1H3,(H,28,32)(H2,26,27,29,30). The number of hydrogen-bond donors (Lipinski definition) is 4. The molecule has 2 aromatic heterocycles. The Labute approximate surface area is 194 Å². The number of aliphatic hydroxyl groups excluding tert-OH is 1. The fourth-order valence-electron chi connectivity index (χ4n) is 4.12. The molecule has 8 nitrogen and oxygen atoms in total. The minimum Gasteiger partial charge on any atom is -0.459 e. The first-order chi connectivity index (χ1) is 16.1. The second kappa shape index (κ2) is 11.1. The molecule has 0 spiro atoms. The van der Waals surface area contributed by atoms with Crippen LogP contribution in [0.2, 0.25) is 0 Å². The maximum Gasteiger partial charge on any atom is 0.256 e. The van der Waals surface area contributed by atoms with Crippen LogP contribution in [0.1, 0.15) is 61.6 Å². The van der Waals surface area contributed by atoms with Gasteiger partial charge in [-0.2, -0.15) is 4.98 Å². The number of aliphatic hydroxyl groups is 1. The molecule has 1 aliphatic carbocycles. The number of furan rings is 1. The van der Waals surface area contributed by atoms with Crippen LogP contribution in [0.5, 0.6) is 0 Å². The van der Waals surface area contributed by atoms with E-state index in [0.29, 0.717) is 35.6 Å². The molecule has 0 saturated heterocycles. The minimum absolute atomic E-state index is 0.186. The Bertz CT molecular complexity index is 1030. The Morgan fingerprint density at radius 3 is 2.79 bits per heavy atom. The van der Waals surface area contributed by atoms with Crippen molar-refractivity contribution in [2.24, 2.45) is 5.92 Å². The molecule has 176 valence electrons. The molecular weight excluding hydrogens is 418 g/mol. The van der Waals surface area contributed by atoms with E-state index in [2.05, 4.69) is 32.8 Å². The minimum atomic E-state index is -0.253. The summed E-state index contributed by atoms with van der Waals surface area (Å²) in [7, 11) is 0. The molecule has 0 atom stereocenters. The third kappa shape index (κ3) is 6.22. The van der Waals surface area contributed by atoms with Crippen LogP contribution in [-0.2, 0) is 6.54 Å². The molecular formula is C25H33N5O3. The molecule has 1 amide bonds. The van der Waals surface area contributed by atoms with E-state index in [1.807, 2.05) is 30.3 Å². The SMILES string of the molecule is CCCCNc1ncc(C(=O)NCc2cc3ccccc3o2)c(NCC2CCC(O)CC2)n1. The van der Waals surface area contributed by atoms with Gasteiger partial charge in [-0.15, -0.1) is 0 Å². The number of rotatable bonds is 10. The molecule has 1 fully saturated rings. The Kier molecular flexibility index (Phi) is 7.78. The van der Waals surface area contributed by atoms with Crippen molar-refractivity contribution in [1.29, 1.82) is 0 Å². The predicted octanol–water partition coefficient (Wildman–Crippen LogP) is 4.33. The number of fused-ring (bicyclic) bond motifs is 1. The number of nitrogens with one attached hydrogen (secondary N) is 3. The zero-order chi connectivity index (χ0) is 23.0. The zero-order valence-electron chi connectivity index (χ0n) is 19.1. The van der Waals surface area contributed by atoms with Crippen molar-refractivity contribution in [3.8, 4) is 0 Å². The summed E-state index contributed by atoms with van der Waals surface area (Å²) in [5, 5.41) is 20.3. The maximum absolute atomic E-state index is 13.0. The molecule has 0 radical (unpaired) electrons. The van der Waals surface area contributed by atoms with E-state index in [1.165, 1.54) is 0 Å². The molecule has 0 aliphatic heterocycles. The van der Waals surface area contributed by atoms with Gasteiger partial charge in [-0.3, -0.25) is 4.79 Å². The predicted molar refractivity (Wildman–Crippen MR) is 129 cm³/mol. The monoisotopic (exact) mass is 451 g/mol. The Hall–Kier alpha value is -3.13.